The van der Waals surface area contributed by atoms with Gasteiger partial charge in [-0.1, -0.05) is 42.5 Å². The van der Waals surface area contributed by atoms with E-state index in [2.05, 4.69) is 12.1 Å². The van der Waals surface area contributed by atoms with Crippen molar-refractivity contribution in [3.8, 4) is 23.0 Å². The van der Waals surface area contributed by atoms with Crippen LogP contribution in [-0.4, -0.2) is 48.9 Å². The molecule has 0 saturated heterocycles. The van der Waals surface area contributed by atoms with Crippen LogP contribution in [0.5, 0.6) is 23.0 Å². The molecule has 0 amide bonds. The minimum Gasteiger partial charge on any atom is -0.497 e. The molecule has 4 atom stereocenters. The molecule has 36 heavy (non-hydrogen) atoms. The fourth-order valence-electron chi connectivity index (χ4n) is 5.80. The largest absolute Gasteiger partial charge is 0.497 e. The number of aliphatic hydroxyl groups is 3. The molecule has 1 heterocycles. The van der Waals surface area contributed by atoms with Crippen LogP contribution in [0.4, 0.5) is 0 Å². The predicted octanol–water partition coefficient (Wildman–Crippen LogP) is 3.88. The fraction of sp³-hybridized carbons (Fsp3) is 0.379. The maximum Gasteiger partial charge on any atom is 0.174 e. The van der Waals surface area contributed by atoms with Gasteiger partial charge in [-0.2, -0.15) is 0 Å². The molecule has 0 bridgehead atoms. The Hall–Kier alpha value is -3.26. The van der Waals surface area contributed by atoms with Crippen molar-refractivity contribution in [2.24, 2.45) is 0 Å². The summed E-state index contributed by atoms with van der Waals surface area (Å²) in [6.07, 6.45) is 0.659. The van der Waals surface area contributed by atoms with Crippen LogP contribution in [0.15, 0.2) is 66.7 Å². The van der Waals surface area contributed by atoms with Crippen LogP contribution in [0.3, 0.4) is 0 Å². The monoisotopic (exact) mass is 492 g/mol. The van der Waals surface area contributed by atoms with Crippen molar-refractivity contribution in [2.75, 3.05) is 27.4 Å². The van der Waals surface area contributed by atoms with Crippen LogP contribution in [0.1, 0.15) is 41.9 Å². The molecule has 3 aromatic rings. The second-order valence-corrected chi connectivity index (χ2v) is 9.40. The zero-order valence-corrected chi connectivity index (χ0v) is 20.5. The van der Waals surface area contributed by atoms with Gasteiger partial charge >= 0.3 is 0 Å². The summed E-state index contributed by atoms with van der Waals surface area (Å²) in [4.78, 5) is 0. The number of benzene rings is 3. The number of hydrogen-bond acceptors (Lipinski definition) is 7. The Kier molecular flexibility index (Phi) is 6.55. The molecule has 0 radical (unpaired) electrons. The van der Waals surface area contributed by atoms with Gasteiger partial charge < -0.3 is 34.3 Å². The van der Waals surface area contributed by atoms with Gasteiger partial charge in [0.1, 0.15) is 28.6 Å². The summed E-state index contributed by atoms with van der Waals surface area (Å²) in [5.41, 5.74) is 0.132. The molecule has 1 saturated carbocycles. The second kappa shape index (κ2) is 9.65. The Morgan fingerprint density at radius 3 is 2.42 bits per heavy atom. The molecule has 3 aromatic carbocycles. The number of aliphatic hydroxyl groups excluding tert-OH is 2. The summed E-state index contributed by atoms with van der Waals surface area (Å²) in [6, 6.07) is 21.3. The molecule has 5 rings (SSSR count). The van der Waals surface area contributed by atoms with E-state index in [0.29, 0.717) is 29.2 Å². The van der Waals surface area contributed by atoms with Gasteiger partial charge in [0.25, 0.3) is 0 Å². The first-order valence-corrected chi connectivity index (χ1v) is 12.2. The zero-order chi connectivity index (χ0) is 25.3. The minimum absolute atomic E-state index is 0.113. The fourth-order valence-corrected chi connectivity index (χ4v) is 5.80. The number of fused-ring (bicyclic) bond motifs is 3. The van der Waals surface area contributed by atoms with E-state index in [0.717, 1.165) is 23.3 Å². The van der Waals surface area contributed by atoms with Gasteiger partial charge in [0.05, 0.1) is 39.1 Å². The van der Waals surface area contributed by atoms with Crippen molar-refractivity contribution in [2.45, 2.75) is 42.5 Å². The van der Waals surface area contributed by atoms with Crippen molar-refractivity contribution < 1.29 is 34.3 Å². The average Bonchev–Trinajstić information content (AvgIpc) is 3.35. The standard InChI is InChI=1S/C29H32O7/c1-33-22-10-8-20(9-11-22)29-24(19-6-4-3-5-7-19)12-14-28(29,32)27-25(34-2)16-23(17-26(27)36-29)35-15-13-21(31)18-30/h3-11,16-17,21,24,30-32H,12-15,18H2,1-2H3/t21?,24-,28+,29-/m0/s1. The Labute approximate surface area is 210 Å². The third-order valence-electron chi connectivity index (χ3n) is 7.50. The molecule has 1 unspecified atom stereocenters. The lowest BCUT2D eigenvalue weighted by Crippen LogP contribution is -2.48. The lowest BCUT2D eigenvalue weighted by Gasteiger charge is -2.40. The van der Waals surface area contributed by atoms with Crippen LogP contribution in [0, 0.1) is 0 Å². The van der Waals surface area contributed by atoms with E-state index < -0.39 is 17.3 Å². The molecule has 0 aromatic heterocycles. The van der Waals surface area contributed by atoms with Crippen LogP contribution < -0.4 is 18.9 Å². The summed E-state index contributed by atoms with van der Waals surface area (Å²) in [5.74, 6) is 2.10. The topological polar surface area (TPSA) is 97.6 Å². The minimum atomic E-state index is -1.34. The summed E-state index contributed by atoms with van der Waals surface area (Å²) in [5, 5.41) is 31.2. The van der Waals surface area contributed by atoms with E-state index in [-0.39, 0.29) is 25.6 Å². The van der Waals surface area contributed by atoms with E-state index >= 15 is 0 Å². The van der Waals surface area contributed by atoms with Crippen molar-refractivity contribution in [1.29, 1.82) is 0 Å². The SMILES string of the molecule is COc1ccc([C@@]23Oc4cc(OCCC(O)CO)cc(OC)c4[C@]2(O)CC[C@H]3c2ccccc2)cc1. The second-order valence-electron chi connectivity index (χ2n) is 9.40. The molecule has 1 fully saturated rings. The van der Waals surface area contributed by atoms with Crippen molar-refractivity contribution in [3.63, 3.8) is 0 Å². The highest BCUT2D eigenvalue weighted by molar-refractivity contribution is 5.61. The van der Waals surface area contributed by atoms with Gasteiger partial charge in [-0.3, -0.25) is 0 Å². The lowest BCUT2D eigenvalue weighted by atomic mass is 9.71. The van der Waals surface area contributed by atoms with Crippen LogP contribution in [0.25, 0.3) is 0 Å². The average molecular weight is 493 g/mol. The Morgan fingerprint density at radius 1 is 1.00 bits per heavy atom. The first kappa shape index (κ1) is 24.4. The van der Waals surface area contributed by atoms with Gasteiger partial charge in [0, 0.05) is 24.5 Å². The van der Waals surface area contributed by atoms with Crippen molar-refractivity contribution >= 4 is 0 Å². The first-order chi connectivity index (χ1) is 17.5. The Balaban J connectivity index is 1.62. The maximum atomic E-state index is 12.5. The van der Waals surface area contributed by atoms with E-state index in [1.165, 1.54) is 0 Å². The highest BCUT2D eigenvalue weighted by Gasteiger charge is 2.69. The summed E-state index contributed by atoms with van der Waals surface area (Å²) in [6.45, 7) is -0.109. The quantitative estimate of drug-likeness (QED) is 0.417. The van der Waals surface area contributed by atoms with E-state index in [9.17, 15) is 10.2 Å². The molecule has 7 heteroatoms. The van der Waals surface area contributed by atoms with E-state index in [1.807, 2.05) is 42.5 Å². The van der Waals surface area contributed by atoms with Crippen LogP contribution in [-0.2, 0) is 11.2 Å². The van der Waals surface area contributed by atoms with Gasteiger partial charge in [-0.25, -0.2) is 0 Å². The predicted molar refractivity (Wildman–Crippen MR) is 134 cm³/mol. The number of hydrogen-bond donors (Lipinski definition) is 3. The third-order valence-corrected chi connectivity index (χ3v) is 7.50. The number of rotatable bonds is 9. The van der Waals surface area contributed by atoms with Crippen LogP contribution in [0.2, 0.25) is 0 Å². The molecule has 0 spiro atoms. The lowest BCUT2D eigenvalue weighted by molar-refractivity contribution is -0.106. The highest BCUT2D eigenvalue weighted by atomic mass is 16.5. The zero-order valence-electron chi connectivity index (χ0n) is 20.5. The molecule has 2 aliphatic rings. The highest BCUT2D eigenvalue weighted by Crippen LogP contribution is 2.68. The van der Waals surface area contributed by atoms with Gasteiger partial charge in [-0.15, -0.1) is 0 Å². The molecule has 1 aliphatic heterocycles. The first-order valence-electron chi connectivity index (χ1n) is 12.2. The molecule has 190 valence electrons. The molecular formula is C29H32O7. The van der Waals surface area contributed by atoms with Gasteiger partial charge in [0.2, 0.25) is 0 Å². The van der Waals surface area contributed by atoms with Crippen molar-refractivity contribution in [1.82, 2.24) is 0 Å². The van der Waals surface area contributed by atoms with E-state index in [4.69, 9.17) is 24.1 Å². The van der Waals surface area contributed by atoms with Gasteiger partial charge in [0.15, 0.2) is 5.60 Å². The maximum absolute atomic E-state index is 12.5. The Bertz CT molecular complexity index is 1200. The normalized spacial score (nSPS) is 25.0. The summed E-state index contributed by atoms with van der Waals surface area (Å²) < 4.78 is 23.8. The Morgan fingerprint density at radius 2 is 1.75 bits per heavy atom. The summed E-state index contributed by atoms with van der Waals surface area (Å²) >= 11 is 0. The smallest absolute Gasteiger partial charge is 0.174 e. The van der Waals surface area contributed by atoms with Crippen LogP contribution >= 0.6 is 0 Å². The third kappa shape index (κ3) is 3.79. The van der Waals surface area contributed by atoms with Crippen molar-refractivity contribution in [3.05, 3.63) is 83.4 Å². The molecule has 1 aliphatic carbocycles. The summed E-state index contributed by atoms with van der Waals surface area (Å²) in [7, 11) is 3.19. The molecule has 3 N–H and O–H groups in total. The number of methoxy groups -OCH3 is 2. The van der Waals surface area contributed by atoms with E-state index in [1.54, 1.807) is 26.4 Å². The number of ether oxygens (including phenoxy) is 4. The van der Waals surface area contributed by atoms with Gasteiger partial charge in [-0.05, 0) is 36.1 Å². The molecular weight excluding hydrogens is 460 g/mol. The molecule has 7 nitrogen and oxygen atoms in total.